The van der Waals surface area contributed by atoms with E-state index in [9.17, 15) is 4.39 Å². The molecular weight excluding hydrogens is 317 g/mol. The van der Waals surface area contributed by atoms with Gasteiger partial charge in [-0.1, -0.05) is 12.1 Å². The number of halogens is 1. The molecule has 130 valence electrons. The van der Waals surface area contributed by atoms with Crippen LogP contribution >= 0.6 is 0 Å². The number of nitrogens with zero attached hydrogens (tertiary/aromatic N) is 4. The van der Waals surface area contributed by atoms with Crippen molar-refractivity contribution in [3.05, 3.63) is 47.9 Å². The summed E-state index contributed by atoms with van der Waals surface area (Å²) < 4.78 is 13.4. The van der Waals surface area contributed by atoms with E-state index in [4.69, 9.17) is 5.73 Å². The van der Waals surface area contributed by atoms with Crippen molar-refractivity contribution in [2.45, 2.75) is 30.8 Å². The van der Waals surface area contributed by atoms with Crippen molar-refractivity contribution in [3.8, 4) is 0 Å². The zero-order valence-electron chi connectivity index (χ0n) is 14.1. The lowest BCUT2D eigenvalue weighted by Gasteiger charge is -2.51. The first-order chi connectivity index (χ1) is 12.2. The van der Waals surface area contributed by atoms with E-state index in [1.54, 1.807) is 18.3 Å². The van der Waals surface area contributed by atoms with Gasteiger partial charge < -0.3 is 10.6 Å². The van der Waals surface area contributed by atoms with E-state index in [0.717, 1.165) is 12.4 Å². The first-order valence-corrected chi connectivity index (χ1v) is 9.05. The predicted molar refractivity (Wildman–Crippen MR) is 94.8 cm³/mol. The van der Waals surface area contributed by atoms with Gasteiger partial charge in [0.05, 0.1) is 0 Å². The first-order valence-electron chi connectivity index (χ1n) is 9.05. The average molecular weight is 339 g/mol. The lowest BCUT2D eigenvalue weighted by atomic mass is 9.75. The van der Waals surface area contributed by atoms with Gasteiger partial charge in [0.1, 0.15) is 11.6 Å². The van der Waals surface area contributed by atoms with E-state index in [2.05, 4.69) is 19.8 Å². The highest BCUT2D eigenvalue weighted by Crippen LogP contribution is 2.47. The largest absolute Gasteiger partial charge is 0.368 e. The van der Waals surface area contributed by atoms with Crippen LogP contribution in [0.3, 0.4) is 0 Å². The Labute approximate surface area is 146 Å². The molecule has 2 N–H and O–H groups in total. The minimum absolute atomic E-state index is 0.177. The maximum atomic E-state index is 13.4. The normalized spacial score (nSPS) is 33.5. The second-order valence-corrected chi connectivity index (χ2v) is 7.44. The predicted octanol–water partition coefficient (Wildman–Crippen LogP) is 2.26. The summed E-state index contributed by atoms with van der Waals surface area (Å²) >= 11 is 0. The molecule has 0 aliphatic carbocycles. The second-order valence-electron chi connectivity index (χ2n) is 7.44. The molecule has 1 aromatic carbocycles. The lowest BCUT2D eigenvalue weighted by Crippen LogP contribution is -2.60. The third kappa shape index (κ3) is 2.39. The highest BCUT2D eigenvalue weighted by atomic mass is 19.1. The van der Waals surface area contributed by atoms with Gasteiger partial charge in [-0.05, 0) is 55.6 Å². The summed E-state index contributed by atoms with van der Waals surface area (Å²) in [5, 5.41) is 0. The van der Waals surface area contributed by atoms with Crippen molar-refractivity contribution in [2.75, 3.05) is 30.3 Å². The van der Waals surface area contributed by atoms with Crippen LogP contribution in [0.4, 0.5) is 16.2 Å². The number of anilines is 2. The van der Waals surface area contributed by atoms with Crippen LogP contribution in [0.2, 0.25) is 0 Å². The summed E-state index contributed by atoms with van der Waals surface area (Å²) in [4.78, 5) is 13.6. The molecule has 0 unspecified atom stereocenters. The zero-order valence-corrected chi connectivity index (χ0v) is 14.1. The van der Waals surface area contributed by atoms with E-state index < -0.39 is 0 Å². The third-order valence-electron chi connectivity index (χ3n) is 6.25. The highest BCUT2D eigenvalue weighted by molar-refractivity contribution is 5.48. The fraction of sp³-hybridized carbons (Fsp3) is 0.474. The Morgan fingerprint density at radius 2 is 1.80 bits per heavy atom. The van der Waals surface area contributed by atoms with E-state index >= 15 is 0 Å². The van der Waals surface area contributed by atoms with Crippen molar-refractivity contribution in [3.63, 3.8) is 0 Å². The standard InChI is InChI=1S/C19H22FN5/c20-14-3-1-12(2-4-14)15-11-25(16-5-8-22-19(21)23-16)17-13-6-9-24(10-7-13)18(15)17/h1-5,8,13,15,17-18H,6-7,9-11H2,(H2,21,22,23)/t15-,17+,18+/m1/s1. The SMILES string of the molecule is Nc1nccc(N2C[C@H](c3ccc(F)cc3)[C@H]3[C@@H]2C2CCN3CC2)n1. The maximum absolute atomic E-state index is 13.4. The van der Waals surface area contributed by atoms with Gasteiger partial charge in [-0.15, -0.1) is 0 Å². The minimum Gasteiger partial charge on any atom is -0.368 e. The van der Waals surface area contributed by atoms with E-state index in [0.29, 0.717) is 29.9 Å². The van der Waals surface area contributed by atoms with Crippen molar-refractivity contribution in [1.82, 2.24) is 14.9 Å². The van der Waals surface area contributed by atoms with Gasteiger partial charge >= 0.3 is 0 Å². The van der Waals surface area contributed by atoms with Gasteiger partial charge in [-0.2, -0.15) is 4.98 Å². The molecule has 6 rings (SSSR count). The van der Waals surface area contributed by atoms with Crippen LogP contribution in [0.25, 0.3) is 0 Å². The molecule has 4 fully saturated rings. The Balaban J connectivity index is 1.56. The average Bonchev–Trinajstić information content (AvgIpc) is 3.06. The van der Waals surface area contributed by atoms with Crippen molar-refractivity contribution >= 4 is 11.8 Å². The van der Waals surface area contributed by atoms with Gasteiger partial charge in [0.15, 0.2) is 0 Å². The topological polar surface area (TPSA) is 58.3 Å². The molecule has 3 atom stereocenters. The summed E-state index contributed by atoms with van der Waals surface area (Å²) in [6.45, 7) is 3.23. The molecule has 2 bridgehead atoms. The summed E-state index contributed by atoms with van der Waals surface area (Å²) in [5.74, 6) is 2.12. The van der Waals surface area contributed by atoms with Crippen LogP contribution < -0.4 is 10.6 Å². The second kappa shape index (κ2) is 5.66. The molecule has 25 heavy (non-hydrogen) atoms. The van der Waals surface area contributed by atoms with Gasteiger partial charge in [0.25, 0.3) is 0 Å². The molecule has 4 aliphatic rings. The molecule has 4 saturated heterocycles. The fourth-order valence-electron chi connectivity index (χ4n) is 5.21. The number of fused-ring (bicyclic) bond motifs is 2. The Morgan fingerprint density at radius 1 is 1.04 bits per heavy atom. The van der Waals surface area contributed by atoms with E-state index in [1.807, 2.05) is 18.2 Å². The number of hydrogen-bond acceptors (Lipinski definition) is 5. The van der Waals surface area contributed by atoms with Gasteiger partial charge in [-0.25, -0.2) is 9.37 Å². The lowest BCUT2D eigenvalue weighted by molar-refractivity contribution is 0.0354. The summed E-state index contributed by atoms with van der Waals surface area (Å²) in [5.41, 5.74) is 7.05. The Kier molecular flexibility index (Phi) is 3.41. The molecule has 6 heteroatoms. The molecule has 5 nitrogen and oxygen atoms in total. The highest BCUT2D eigenvalue weighted by Gasteiger charge is 2.53. The molecular formula is C19H22FN5. The van der Waals surface area contributed by atoms with Gasteiger partial charge in [-0.3, -0.25) is 4.90 Å². The number of benzene rings is 1. The number of nitrogen functional groups attached to an aromatic ring is 1. The van der Waals surface area contributed by atoms with Crippen LogP contribution in [-0.4, -0.2) is 46.6 Å². The molecule has 5 heterocycles. The van der Waals surface area contributed by atoms with Crippen LogP contribution in [-0.2, 0) is 0 Å². The quantitative estimate of drug-likeness (QED) is 0.909. The Morgan fingerprint density at radius 3 is 2.52 bits per heavy atom. The van der Waals surface area contributed by atoms with Crippen LogP contribution in [0, 0.1) is 11.7 Å². The fourth-order valence-corrected chi connectivity index (χ4v) is 5.21. The third-order valence-corrected chi connectivity index (χ3v) is 6.25. The van der Waals surface area contributed by atoms with Gasteiger partial charge in [0.2, 0.25) is 5.95 Å². The number of nitrogens with two attached hydrogens (primary N) is 1. The number of aromatic nitrogens is 2. The minimum atomic E-state index is -0.177. The molecule has 0 spiro atoms. The molecule has 2 aromatic rings. The summed E-state index contributed by atoms with van der Waals surface area (Å²) in [6, 6.07) is 9.91. The van der Waals surface area contributed by atoms with E-state index in [1.165, 1.54) is 31.5 Å². The maximum Gasteiger partial charge on any atom is 0.221 e. The molecule has 4 aliphatic heterocycles. The van der Waals surface area contributed by atoms with Crippen LogP contribution in [0.5, 0.6) is 0 Å². The first kappa shape index (κ1) is 15.1. The van der Waals surface area contributed by atoms with Crippen LogP contribution in [0.1, 0.15) is 24.3 Å². The molecule has 0 amide bonds. The van der Waals surface area contributed by atoms with Crippen LogP contribution in [0.15, 0.2) is 36.5 Å². The number of piperidine rings is 3. The van der Waals surface area contributed by atoms with E-state index in [-0.39, 0.29) is 5.82 Å². The van der Waals surface area contributed by atoms with Gasteiger partial charge in [0, 0.05) is 30.7 Å². The summed E-state index contributed by atoms with van der Waals surface area (Å²) in [6.07, 6.45) is 4.22. The molecule has 1 aromatic heterocycles. The Hall–Kier alpha value is -2.21. The van der Waals surface area contributed by atoms with Crippen molar-refractivity contribution in [1.29, 1.82) is 0 Å². The molecule has 0 saturated carbocycles. The number of hydrogen-bond donors (Lipinski definition) is 1. The van der Waals surface area contributed by atoms with Crippen molar-refractivity contribution in [2.24, 2.45) is 5.92 Å². The summed E-state index contributed by atoms with van der Waals surface area (Å²) in [7, 11) is 0. The number of rotatable bonds is 2. The zero-order chi connectivity index (χ0) is 17.0. The van der Waals surface area contributed by atoms with Crippen molar-refractivity contribution < 1.29 is 4.39 Å². The smallest absolute Gasteiger partial charge is 0.221 e. The molecule has 0 radical (unpaired) electrons. The monoisotopic (exact) mass is 339 g/mol. The Bertz CT molecular complexity index is 772.